The van der Waals surface area contributed by atoms with Gasteiger partial charge in [0.2, 0.25) is 0 Å². The van der Waals surface area contributed by atoms with Gasteiger partial charge in [0.25, 0.3) is 0 Å². The van der Waals surface area contributed by atoms with Gasteiger partial charge in [0, 0.05) is 31.4 Å². The zero-order valence-electron chi connectivity index (χ0n) is 11.7. The first-order valence-corrected chi connectivity index (χ1v) is 6.46. The summed E-state index contributed by atoms with van der Waals surface area (Å²) in [5.41, 5.74) is 0.656. The molecule has 2 amide bonds. The third kappa shape index (κ3) is 5.70. The highest BCUT2D eigenvalue weighted by Gasteiger charge is 2.20. The van der Waals surface area contributed by atoms with Gasteiger partial charge in [0.05, 0.1) is 6.33 Å². The number of hydrogen-bond acceptors (Lipinski definition) is 4. The van der Waals surface area contributed by atoms with E-state index in [0.717, 1.165) is 6.54 Å². The van der Waals surface area contributed by atoms with E-state index < -0.39 is 18.0 Å². The first-order chi connectivity index (χ1) is 9.52. The van der Waals surface area contributed by atoms with Gasteiger partial charge in [-0.05, 0) is 13.6 Å². The van der Waals surface area contributed by atoms with Crippen LogP contribution >= 0.6 is 0 Å². The van der Waals surface area contributed by atoms with Crippen molar-refractivity contribution in [2.45, 2.75) is 19.4 Å². The molecule has 20 heavy (non-hydrogen) atoms. The number of amides is 2. The Labute approximate surface area is 117 Å². The molecule has 1 heterocycles. The number of nitrogens with one attached hydrogen (secondary N) is 3. The van der Waals surface area contributed by atoms with Crippen LogP contribution in [0.2, 0.25) is 0 Å². The topological polar surface area (TPSA) is 110 Å². The van der Waals surface area contributed by atoms with Crippen molar-refractivity contribution in [3.05, 3.63) is 18.2 Å². The number of aromatic nitrogens is 2. The maximum atomic E-state index is 11.6. The first kappa shape index (κ1) is 16.0. The lowest BCUT2D eigenvalue weighted by molar-refractivity contribution is -0.139. The van der Waals surface area contributed by atoms with Gasteiger partial charge >= 0.3 is 12.0 Å². The van der Waals surface area contributed by atoms with Gasteiger partial charge < -0.3 is 25.6 Å². The first-order valence-electron chi connectivity index (χ1n) is 6.46. The number of urea groups is 1. The van der Waals surface area contributed by atoms with Crippen molar-refractivity contribution in [2.24, 2.45) is 0 Å². The fourth-order valence-electron chi connectivity index (χ4n) is 1.54. The van der Waals surface area contributed by atoms with Crippen LogP contribution in [0.1, 0.15) is 12.6 Å². The molecule has 0 aliphatic rings. The molecule has 0 radical (unpaired) electrons. The number of carboxylic acid groups (broad SMARTS) is 1. The van der Waals surface area contributed by atoms with Gasteiger partial charge in [-0.15, -0.1) is 0 Å². The fourth-order valence-corrected chi connectivity index (χ4v) is 1.54. The summed E-state index contributed by atoms with van der Waals surface area (Å²) in [6.45, 7) is 4.08. The van der Waals surface area contributed by atoms with Crippen molar-refractivity contribution >= 4 is 12.0 Å². The van der Waals surface area contributed by atoms with Crippen molar-refractivity contribution in [3.8, 4) is 0 Å². The summed E-state index contributed by atoms with van der Waals surface area (Å²) < 4.78 is 0. The fraction of sp³-hybridized carbons (Fsp3) is 0.583. The number of aliphatic carboxylic acids is 1. The second kappa shape index (κ2) is 8.16. The average molecular weight is 283 g/mol. The Kier molecular flexibility index (Phi) is 6.51. The summed E-state index contributed by atoms with van der Waals surface area (Å²) in [6.07, 6.45) is 3.16. The van der Waals surface area contributed by atoms with Gasteiger partial charge in [0.15, 0.2) is 0 Å². The van der Waals surface area contributed by atoms with Crippen LogP contribution < -0.4 is 10.6 Å². The van der Waals surface area contributed by atoms with Crippen LogP contribution in [0, 0.1) is 0 Å². The Balaban J connectivity index is 2.37. The lowest BCUT2D eigenvalue weighted by Gasteiger charge is -2.16. The zero-order chi connectivity index (χ0) is 15.0. The summed E-state index contributed by atoms with van der Waals surface area (Å²) in [4.78, 5) is 31.4. The third-order valence-electron chi connectivity index (χ3n) is 2.90. The number of H-pyrrole nitrogens is 1. The van der Waals surface area contributed by atoms with Crippen LogP contribution in [0.25, 0.3) is 0 Å². The molecule has 0 saturated heterocycles. The van der Waals surface area contributed by atoms with E-state index in [1.54, 1.807) is 0 Å². The molecule has 1 unspecified atom stereocenters. The summed E-state index contributed by atoms with van der Waals surface area (Å²) >= 11 is 0. The Hall–Kier alpha value is -2.09. The third-order valence-corrected chi connectivity index (χ3v) is 2.90. The minimum absolute atomic E-state index is 0.164. The average Bonchev–Trinajstić information content (AvgIpc) is 2.90. The van der Waals surface area contributed by atoms with E-state index in [4.69, 9.17) is 5.11 Å². The van der Waals surface area contributed by atoms with Crippen LogP contribution in [-0.4, -0.2) is 64.7 Å². The molecular weight excluding hydrogens is 262 g/mol. The minimum Gasteiger partial charge on any atom is -0.480 e. The molecule has 0 saturated carbocycles. The number of carboxylic acids is 1. The molecule has 0 aromatic carbocycles. The molecule has 0 fully saturated rings. The molecule has 0 aliphatic heterocycles. The summed E-state index contributed by atoms with van der Waals surface area (Å²) in [6, 6.07) is -1.47. The second-order valence-electron chi connectivity index (χ2n) is 4.47. The Morgan fingerprint density at radius 3 is 2.85 bits per heavy atom. The highest BCUT2D eigenvalue weighted by atomic mass is 16.4. The van der Waals surface area contributed by atoms with E-state index in [2.05, 4.69) is 20.6 Å². The summed E-state index contributed by atoms with van der Waals surface area (Å²) in [5, 5.41) is 14.2. The van der Waals surface area contributed by atoms with Crippen LogP contribution in [0.15, 0.2) is 12.5 Å². The molecule has 8 heteroatoms. The quantitative estimate of drug-likeness (QED) is 0.521. The number of carbonyl (C=O) groups excluding carboxylic acids is 1. The van der Waals surface area contributed by atoms with E-state index in [1.165, 1.54) is 12.5 Å². The van der Waals surface area contributed by atoms with Gasteiger partial charge in [0.1, 0.15) is 6.04 Å². The standard InChI is InChI=1S/C12H21N5O3/c1-3-17(2)5-4-14-12(20)16-10(11(18)19)6-9-7-13-8-15-9/h7-8,10H,3-6H2,1-2H3,(H,13,15)(H,18,19)(H2,14,16,20). The highest BCUT2D eigenvalue weighted by molar-refractivity contribution is 5.82. The lowest BCUT2D eigenvalue weighted by Crippen LogP contribution is -2.48. The van der Waals surface area contributed by atoms with E-state index in [9.17, 15) is 9.59 Å². The number of nitrogens with zero attached hydrogens (tertiary/aromatic N) is 2. The molecule has 1 aromatic heterocycles. The summed E-state index contributed by atoms with van der Waals surface area (Å²) in [7, 11) is 1.94. The molecule has 0 spiro atoms. The summed E-state index contributed by atoms with van der Waals surface area (Å²) in [5.74, 6) is -1.08. The van der Waals surface area contributed by atoms with Crippen molar-refractivity contribution < 1.29 is 14.7 Å². The molecule has 1 rings (SSSR count). The van der Waals surface area contributed by atoms with E-state index >= 15 is 0 Å². The molecule has 4 N–H and O–H groups in total. The SMILES string of the molecule is CCN(C)CCNC(=O)NC(Cc1cnc[nH]1)C(=O)O. The number of imidazole rings is 1. The number of hydrogen-bond donors (Lipinski definition) is 4. The second-order valence-corrected chi connectivity index (χ2v) is 4.47. The molecule has 112 valence electrons. The van der Waals surface area contributed by atoms with Crippen LogP contribution in [0.3, 0.4) is 0 Å². The Morgan fingerprint density at radius 2 is 2.30 bits per heavy atom. The van der Waals surface area contributed by atoms with Crippen molar-refractivity contribution in [1.82, 2.24) is 25.5 Å². The predicted molar refractivity (Wildman–Crippen MR) is 73.4 cm³/mol. The van der Waals surface area contributed by atoms with Crippen LogP contribution in [0.4, 0.5) is 4.79 Å². The van der Waals surface area contributed by atoms with E-state index in [0.29, 0.717) is 18.8 Å². The Bertz CT molecular complexity index is 421. The number of aromatic amines is 1. The lowest BCUT2D eigenvalue weighted by atomic mass is 10.2. The molecule has 1 atom stereocenters. The van der Waals surface area contributed by atoms with Gasteiger partial charge in [-0.3, -0.25) is 0 Å². The van der Waals surface area contributed by atoms with Crippen molar-refractivity contribution in [3.63, 3.8) is 0 Å². The van der Waals surface area contributed by atoms with E-state index in [1.807, 2.05) is 18.9 Å². The maximum absolute atomic E-state index is 11.6. The number of likely N-dealkylation sites (N-methyl/N-ethyl adjacent to an activating group) is 1. The zero-order valence-corrected chi connectivity index (χ0v) is 11.7. The molecule has 0 bridgehead atoms. The van der Waals surface area contributed by atoms with Gasteiger partial charge in [-0.25, -0.2) is 14.6 Å². The number of carbonyl (C=O) groups is 2. The largest absolute Gasteiger partial charge is 0.480 e. The van der Waals surface area contributed by atoms with Crippen molar-refractivity contribution in [2.75, 3.05) is 26.7 Å². The molecular formula is C12H21N5O3. The smallest absolute Gasteiger partial charge is 0.326 e. The van der Waals surface area contributed by atoms with Crippen molar-refractivity contribution in [1.29, 1.82) is 0 Å². The Morgan fingerprint density at radius 1 is 1.55 bits per heavy atom. The number of rotatable bonds is 8. The van der Waals surface area contributed by atoms with E-state index in [-0.39, 0.29) is 6.42 Å². The van der Waals surface area contributed by atoms with Crippen LogP contribution in [-0.2, 0) is 11.2 Å². The highest BCUT2D eigenvalue weighted by Crippen LogP contribution is 1.98. The van der Waals surface area contributed by atoms with Crippen LogP contribution in [0.5, 0.6) is 0 Å². The normalized spacial score (nSPS) is 12.2. The van der Waals surface area contributed by atoms with Gasteiger partial charge in [-0.2, -0.15) is 0 Å². The molecule has 0 aliphatic carbocycles. The molecule has 1 aromatic rings. The predicted octanol–water partition coefficient (Wildman–Crippen LogP) is -0.344. The maximum Gasteiger partial charge on any atom is 0.326 e. The molecule has 8 nitrogen and oxygen atoms in total. The minimum atomic E-state index is -1.08. The monoisotopic (exact) mass is 283 g/mol. The van der Waals surface area contributed by atoms with Gasteiger partial charge in [-0.1, -0.05) is 6.92 Å².